The molecule has 0 radical (unpaired) electrons. The number of nitrogens with one attached hydrogen (secondary N) is 1. The summed E-state index contributed by atoms with van der Waals surface area (Å²) in [5.74, 6) is 0.651. The Labute approximate surface area is 253 Å². The predicted octanol–water partition coefficient (Wildman–Crippen LogP) is 7.20. The summed E-state index contributed by atoms with van der Waals surface area (Å²) >= 11 is 3.57. The Bertz CT molecular complexity index is 1680. The number of aromatic nitrogens is 6. The maximum Gasteiger partial charge on any atom is 0.303 e. The van der Waals surface area contributed by atoms with Crippen LogP contribution in [-0.4, -0.2) is 42.5 Å². The van der Waals surface area contributed by atoms with Gasteiger partial charge < -0.3 is 14.0 Å². The molecule has 218 valence electrons. The van der Waals surface area contributed by atoms with Crippen molar-refractivity contribution in [1.82, 2.24) is 29.9 Å². The van der Waals surface area contributed by atoms with Gasteiger partial charge in [0.05, 0.1) is 12.2 Å². The second kappa shape index (κ2) is 13.4. The van der Waals surface area contributed by atoms with E-state index in [9.17, 15) is 4.79 Å². The molecule has 1 atom stereocenters. The number of halogens is 1. The number of hydrogen-bond acceptors (Lipinski definition) is 7. The molecule has 1 unspecified atom stereocenters. The third-order valence-electron chi connectivity index (χ3n) is 7.16. The summed E-state index contributed by atoms with van der Waals surface area (Å²) in [4.78, 5) is 21.2. The van der Waals surface area contributed by atoms with Crippen molar-refractivity contribution in [2.75, 3.05) is 6.61 Å². The van der Waals surface area contributed by atoms with Crippen molar-refractivity contribution in [3.63, 3.8) is 0 Å². The number of hydrogen-bond donors (Lipinski definition) is 1. The number of esters is 1. The van der Waals surface area contributed by atoms with Crippen molar-refractivity contribution in [3.8, 4) is 22.4 Å². The van der Waals surface area contributed by atoms with Gasteiger partial charge in [0, 0.05) is 30.0 Å². The molecule has 0 saturated heterocycles. The number of H-pyrrole nitrogens is 1. The van der Waals surface area contributed by atoms with Crippen LogP contribution in [0.15, 0.2) is 59.1 Å². The molecule has 0 aliphatic rings. The summed E-state index contributed by atoms with van der Waals surface area (Å²) in [5, 5.41) is 11.6. The van der Waals surface area contributed by atoms with E-state index < -0.39 is 0 Å². The molecule has 3 aromatic heterocycles. The Morgan fingerprint density at radius 3 is 2.52 bits per heavy atom. The van der Waals surface area contributed by atoms with Crippen LogP contribution in [0.1, 0.15) is 69.4 Å². The minimum absolute atomic E-state index is 0.103. The number of benzene rings is 2. The van der Waals surface area contributed by atoms with Crippen LogP contribution in [-0.2, 0) is 33.8 Å². The summed E-state index contributed by atoms with van der Waals surface area (Å²) in [6, 6.07) is 18.7. The van der Waals surface area contributed by atoms with Crippen LogP contribution in [0.4, 0.5) is 0 Å². The van der Waals surface area contributed by atoms with Crippen LogP contribution in [0.25, 0.3) is 33.5 Å². The summed E-state index contributed by atoms with van der Waals surface area (Å²) in [6.45, 7) is 8.86. The van der Waals surface area contributed by atoms with Crippen molar-refractivity contribution < 1.29 is 14.3 Å². The Balaban J connectivity index is 1.47. The van der Waals surface area contributed by atoms with Crippen LogP contribution in [0.2, 0.25) is 0 Å². The van der Waals surface area contributed by atoms with Gasteiger partial charge in [0.1, 0.15) is 35.4 Å². The van der Waals surface area contributed by atoms with E-state index in [0.717, 1.165) is 74.4 Å². The van der Waals surface area contributed by atoms with E-state index in [2.05, 4.69) is 79.2 Å². The first-order chi connectivity index (χ1) is 20.4. The minimum atomic E-state index is -0.341. The summed E-state index contributed by atoms with van der Waals surface area (Å²) < 4.78 is 14.0. The van der Waals surface area contributed by atoms with Crippen LogP contribution >= 0.6 is 15.9 Å². The van der Waals surface area contributed by atoms with Crippen LogP contribution in [0.3, 0.4) is 0 Å². The number of carbonyl (C=O) groups is 1. The van der Waals surface area contributed by atoms with E-state index in [4.69, 9.17) is 19.4 Å². The highest BCUT2D eigenvalue weighted by Crippen LogP contribution is 2.35. The lowest BCUT2D eigenvalue weighted by Crippen LogP contribution is -2.08. The largest absolute Gasteiger partial charge is 0.459 e. The highest BCUT2D eigenvalue weighted by atomic mass is 79.9. The van der Waals surface area contributed by atoms with Crippen molar-refractivity contribution in [2.24, 2.45) is 0 Å². The molecule has 0 aliphatic carbocycles. The number of aromatic amines is 1. The lowest BCUT2D eigenvalue weighted by molar-refractivity contribution is -0.142. The smallest absolute Gasteiger partial charge is 0.303 e. The van der Waals surface area contributed by atoms with Crippen LogP contribution in [0, 0.1) is 0 Å². The number of aryl methyl sites for hydroxylation is 1. The van der Waals surface area contributed by atoms with Crippen molar-refractivity contribution in [3.05, 3.63) is 81.8 Å². The molecule has 1 N–H and O–H groups in total. The molecule has 0 saturated carbocycles. The molecule has 0 fully saturated rings. The Morgan fingerprint density at radius 1 is 1.05 bits per heavy atom. The lowest BCUT2D eigenvalue weighted by Gasteiger charge is -2.14. The van der Waals surface area contributed by atoms with E-state index in [1.54, 1.807) is 0 Å². The number of fused-ring (bicyclic) bond motifs is 1. The van der Waals surface area contributed by atoms with Crippen molar-refractivity contribution >= 4 is 33.1 Å². The van der Waals surface area contributed by atoms with E-state index in [0.29, 0.717) is 18.8 Å². The van der Waals surface area contributed by atoms with Crippen LogP contribution < -0.4 is 0 Å². The first-order valence-electron chi connectivity index (χ1n) is 14.3. The third-order valence-corrected chi connectivity index (χ3v) is 7.84. The number of carbonyl (C=O) groups excluding carboxylic acids is 1. The zero-order valence-corrected chi connectivity index (χ0v) is 25.9. The van der Waals surface area contributed by atoms with Crippen molar-refractivity contribution in [2.45, 2.75) is 66.2 Å². The second-order valence-corrected chi connectivity index (χ2v) is 11.0. The fraction of sp³-hybridized carbons (Fsp3) is 0.344. The first-order valence-corrected chi connectivity index (χ1v) is 15.1. The highest BCUT2D eigenvalue weighted by Gasteiger charge is 2.20. The summed E-state index contributed by atoms with van der Waals surface area (Å²) in [6.07, 6.45) is 2.79. The van der Waals surface area contributed by atoms with E-state index in [-0.39, 0.29) is 18.7 Å². The number of unbranched alkanes of at least 4 members (excludes halogenated alkanes) is 1. The molecule has 9 nitrogen and oxygen atoms in total. The number of pyridine rings is 1. The molecule has 0 spiro atoms. The monoisotopic (exact) mass is 630 g/mol. The fourth-order valence-electron chi connectivity index (χ4n) is 5.04. The van der Waals surface area contributed by atoms with Gasteiger partial charge >= 0.3 is 5.97 Å². The number of imidazole rings is 1. The molecule has 0 bridgehead atoms. The van der Waals surface area contributed by atoms with Gasteiger partial charge in [0.25, 0.3) is 0 Å². The first kappa shape index (κ1) is 29.6. The SMILES string of the molecule is CCCCc1nc2cc(Br)c(COC(C)=O)nc2n1Cc1ccc(-c2ccccc2-c2n[nH]nc2C(C)OCC)cc1. The maximum atomic E-state index is 11.4. The van der Waals surface area contributed by atoms with Crippen molar-refractivity contribution in [1.29, 1.82) is 0 Å². The van der Waals surface area contributed by atoms with E-state index in [1.165, 1.54) is 6.92 Å². The molecule has 5 rings (SSSR count). The van der Waals surface area contributed by atoms with Crippen LogP contribution in [0.5, 0.6) is 0 Å². The molecule has 0 amide bonds. The van der Waals surface area contributed by atoms with E-state index >= 15 is 0 Å². The molecular formula is C32H35BrN6O3. The Hall–Kier alpha value is -3.89. The molecule has 0 aliphatic heterocycles. The molecule has 5 aromatic rings. The lowest BCUT2D eigenvalue weighted by atomic mass is 9.95. The summed E-state index contributed by atoms with van der Waals surface area (Å²) in [5.41, 5.74) is 8.13. The van der Waals surface area contributed by atoms with Gasteiger partial charge in [-0.3, -0.25) is 4.79 Å². The Morgan fingerprint density at radius 2 is 1.81 bits per heavy atom. The zero-order chi connectivity index (χ0) is 29.6. The predicted molar refractivity (Wildman–Crippen MR) is 166 cm³/mol. The number of nitrogens with zero attached hydrogens (tertiary/aromatic N) is 5. The van der Waals surface area contributed by atoms with Gasteiger partial charge in [-0.2, -0.15) is 15.4 Å². The van der Waals surface area contributed by atoms with Gasteiger partial charge in [-0.25, -0.2) is 9.97 Å². The molecule has 42 heavy (non-hydrogen) atoms. The van der Waals surface area contributed by atoms with Gasteiger partial charge in [-0.1, -0.05) is 61.9 Å². The van der Waals surface area contributed by atoms with Gasteiger partial charge in [-0.05, 0) is 59.0 Å². The van der Waals surface area contributed by atoms with Gasteiger partial charge in [0.2, 0.25) is 0 Å². The van der Waals surface area contributed by atoms with Gasteiger partial charge in [-0.15, -0.1) is 0 Å². The average molecular weight is 632 g/mol. The summed E-state index contributed by atoms with van der Waals surface area (Å²) in [7, 11) is 0. The zero-order valence-electron chi connectivity index (χ0n) is 24.4. The molecule has 10 heteroatoms. The number of rotatable bonds is 12. The van der Waals surface area contributed by atoms with E-state index in [1.807, 2.05) is 32.0 Å². The highest BCUT2D eigenvalue weighted by molar-refractivity contribution is 9.10. The minimum Gasteiger partial charge on any atom is -0.459 e. The molecule has 3 heterocycles. The third kappa shape index (κ3) is 6.44. The number of ether oxygens (including phenoxy) is 2. The maximum absolute atomic E-state index is 11.4. The van der Waals surface area contributed by atoms with Gasteiger partial charge in [0.15, 0.2) is 5.65 Å². The quantitative estimate of drug-likeness (QED) is 0.145. The topological polar surface area (TPSA) is 108 Å². The average Bonchev–Trinajstić information content (AvgIpc) is 3.60. The normalized spacial score (nSPS) is 12.1. The molecule has 2 aromatic carbocycles. The second-order valence-electron chi connectivity index (χ2n) is 10.2. The fourth-order valence-corrected chi connectivity index (χ4v) is 5.46. The standard InChI is InChI=1S/C32H35BrN6O3/c1-5-7-12-29-34-27-17-26(33)28(19-42-21(4)40)35-32(27)39(29)18-22-13-15-23(16-14-22)24-10-8-9-11-25(24)31-30(36-38-37-31)20(3)41-6-2/h8-11,13-17,20H,5-7,12,18-19H2,1-4H3,(H,36,37,38). The molecular weight excluding hydrogens is 596 g/mol. The Kier molecular flexibility index (Phi) is 9.44.